The molecule has 0 amide bonds. The van der Waals surface area contributed by atoms with Crippen molar-refractivity contribution in [2.45, 2.75) is 37.6 Å². The Bertz CT molecular complexity index is 520. The molecule has 1 fully saturated rings. The number of nitrogens with one attached hydrogen (secondary N) is 1. The van der Waals surface area contributed by atoms with Crippen LogP contribution in [0.5, 0.6) is 0 Å². The van der Waals surface area contributed by atoms with Gasteiger partial charge in [0.05, 0.1) is 6.26 Å². The highest BCUT2D eigenvalue weighted by molar-refractivity contribution is 7.92. The highest BCUT2D eigenvalue weighted by Gasteiger charge is 2.29. The summed E-state index contributed by atoms with van der Waals surface area (Å²) in [6.45, 7) is 0. The predicted octanol–water partition coefficient (Wildman–Crippen LogP) is 2.18. The van der Waals surface area contributed by atoms with Crippen molar-refractivity contribution in [2.75, 3.05) is 11.0 Å². The first-order valence-electron chi connectivity index (χ1n) is 6.26. The number of hydrogen-bond acceptors (Lipinski definition) is 3. The smallest absolute Gasteiger partial charge is 0.229 e. The molecule has 4 nitrogen and oxygen atoms in total. The average molecular weight is 268 g/mol. The highest BCUT2D eigenvalue weighted by atomic mass is 32.2. The van der Waals surface area contributed by atoms with E-state index in [1.54, 1.807) is 6.07 Å². The lowest BCUT2D eigenvalue weighted by atomic mass is 9.77. The first-order chi connectivity index (χ1) is 8.39. The van der Waals surface area contributed by atoms with Gasteiger partial charge in [-0.15, -0.1) is 0 Å². The van der Waals surface area contributed by atoms with Crippen LogP contribution in [0.25, 0.3) is 0 Å². The zero-order valence-electron chi connectivity index (χ0n) is 10.6. The Morgan fingerprint density at radius 1 is 1.22 bits per heavy atom. The minimum Gasteiger partial charge on any atom is -0.321 e. The number of hydrogen-bond donors (Lipinski definition) is 2. The topological polar surface area (TPSA) is 72.2 Å². The van der Waals surface area contributed by atoms with Gasteiger partial charge >= 0.3 is 0 Å². The molecule has 0 spiro atoms. The van der Waals surface area contributed by atoms with Crippen LogP contribution in [0.3, 0.4) is 0 Å². The van der Waals surface area contributed by atoms with Gasteiger partial charge in [0.1, 0.15) is 0 Å². The maximum atomic E-state index is 11.2. The maximum Gasteiger partial charge on any atom is 0.229 e. The van der Waals surface area contributed by atoms with E-state index in [0.717, 1.165) is 37.5 Å². The van der Waals surface area contributed by atoms with Crippen molar-refractivity contribution in [1.29, 1.82) is 0 Å². The Hall–Kier alpha value is -1.07. The molecule has 100 valence electrons. The Kier molecular flexibility index (Phi) is 3.64. The molecule has 1 saturated carbocycles. The molecule has 2 rings (SSSR count). The van der Waals surface area contributed by atoms with Crippen molar-refractivity contribution < 1.29 is 8.42 Å². The SMILES string of the molecule is CS(=O)(=O)Nc1cccc(C2(N)CCCCC2)c1. The number of benzene rings is 1. The van der Waals surface area contributed by atoms with Crippen LogP contribution in [-0.4, -0.2) is 14.7 Å². The van der Waals surface area contributed by atoms with Crippen LogP contribution in [0, 0.1) is 0 Å². The van der Waals surface area contributed by atoms with E-state index in [1.807, 2.05) is 18.2 Å². The minimum absolute atomic E-state index is 0.298. The second-order valence-electron chi connectivity index (χ2n) is 5.17. The number of nitrogens with two attached hydrogens (primary N) is 1. The Balaban J connectivity index is 2.26. The fourth-order valence-electron chi connectivity index (χ4n) is 2.58. The fourth-order valence-corrected chi connectivity index (χ4v) is 3.13. The van der Waals surface area contributed by atoms with Crippen molar-refractivity contribution in [3.8, 4) is 0 Å². The van der Waals surface area contributed by atoms with Crippen molar-refractivity contribution in [2.24, 2.45) is 5.73 Å². The van der Waals surface area contributed by atoms with E-state index in [4.69, 9.17) is 5.73 Å². The highest BCUT2D eigenvalue weighted by Crippen LogP contribution is 2.35. The summed E-state index contributed by atoms with van der Waals surface area (Å²) in [7, 11) is -3.24. The first-order valence-corrected chi connectivity index (χ1v) is 8.15. The van der Waals surface area contributed by atoms with E-state index >= 15 is 0 Å². The molecule has 0 atom stereocenters. The second-order valence-corrected chi connectivity index (χ2v) is 6.92. The van der Waals surface area contributed by atoms with Gasteiger partial charge in [0, 0.05) is 11.2 Å². The molecule has 0 bridgehead atoms. The van der Waals surface area contributed by atoms with E-state index in [0.29, 0.717) is 5.69 Å². The van der Waals surface area contributed by atoms with Gasteiger partial charge in [-0.3, -0.25) is 4.72 Å². The normalized spacial score (nSPS) is 19.4. The molecule has 1 aliphatic carbocycles. The van der Waals surface area contributed by atoms with E-state index in [-0.39, 0.29) is 5.54 Å². The number of rotatable bonds is 3. The van der Waals surface area contributed by atoms with Crippen molar-refractivity contribution in [3.63, 3.8) is 0 Å². The standard InChI is InChI=1S/C13H20N2O2S/c1-18(16,17)15-12-7-5-6-11(10-12)13(14)8-3-2-4-9-13/h5-7,10,15H,2-4,8-9,14H2,1H3. The molecule has 0 aliphatic heterocycles. The molecule has 5 heteroatoms. The molecular weight excluding hydrogens is 248 g/mol. The van der Waals surface area contributed by atoms with Gasteiger partial charge < -0.3 is 5.73 Å². The molecule has 0 radical (unpaired) electrons. The second kappa shape index (κ2) is 4.90. The van der Waals surface area contributed by atoms with Gasteiger partial charge in [0.15, 0.2) is 0 Å². The molecule has 3 N–H and O–H groups in total. The summed E-state index contributed by atoms with van der Waals surface area (Å²) in [5, 5.41) is 0. The lowest BCUT2D eigenvalue weighted by molar-refractivity contribution is 0.302. The summed E-state index contributed by atoms with van der Waals surface area (Å²) in [6, 6.07) is 7.44. The van der Waals surface area contributed by atoms with Crippen LogP contribution >= 0.6 is 0 Å². The minimum atomic E-state index is -3.24. The van der Waals surface area contributed by atoms with Crippen LogP contribution in [0.4, 0.5) is 5.69 Å². The quantitative estimate of drug-likeness (QED) is 0.882. The summed E-state index contributed by atoms with van der Waals surface area (Å²) < 4.78 is 24.9. The summed E-state index contributed by atoms with van der Waals surface area (Å²) >= 11 is 0. The van der Waals surface area contributed by atoms with E-state index in [1.165, 1.54) is 6.42 Å². The summed E-state index contributed by atoms with van der Waals surface area (Å²) in [6.07, 6.45) is 6.60. The zero-order valence-corrected chi connectivity index (χ0v) is 11.5. The number of sulfonamides is 1. The molecule has 1 aliphatic rings. The number of anilines is 1. The lowest BCUT2D eigenvalue weighted by Crippen LogP contribution is -2.38. The molecular formula is C13H20N2O2S. The van der Waals surface area contributed by atoms with Gasteiger partial charge in [-0.25, -0.2) is 8.42 Å². The van der Waals surface area contributed by atoms with Gasteiger partial charge in [0.25, 0.3) is 0 Å². The Morgan fingerprint density at radius 3 is 2.50 bits per heavy atom. The van der Waals surface area contributed by atoms with E-state index in [2.05, 4.69) is 4.72 Å². The van der Waals surface area contributed by atoms with Crippen LogP contribution in [-0.2, 0) is 15.6 Å². The molecule has 1 aromatic rings. The molecule has 0 saturated heterocycles. The van der Waals surface area contributed by atoms with Crippen molar-refractivity contribution in [3.05, 3.63) is 29.8 Å². The third-order valence-electron chi connectivity index (χ3n) is 3.49. The largest absolute Gasteiger partial charge is 0.321 e. The molecule has 0 aromatic heterocycles. The van der Waals surface area contributed by atoms with Gasteiger partial charge in [-0.05, 0) is 30.5 Å². The molecule has 1 aromatic carbocycles. The third-order valence-corrected chi connectivity index (χ3v) is 4.09. The van der Waals surface area contributed by atoms with Gasteiger partial charge in [0.2, 0.25) is 10.0 Å². The van der Waals surface area contributed by atoms with Gasteiger partial charge in [-0.2, -0.15) is 0 Å². The van der Waals surface area contributed by atoms with Crippen LogP contribution in [0.2, 0.25) is 0 Å². The summed E-state index contributed by atoms with van der Waals surface area (Å²) in [5.74, 6) is 0. The monoisotopic (exact) mass is 268 g/mol. The fraction of sp³-hybridized carbons (Fsp3) is 0.538. The van der Waals surface area contributed by atoms with Crippen LogP contribution in [0.15, 0.2) is 24.3 Å². The third kappa shape index (κ3) is 3.23. The van der Waals surface area contributed by atoms with Crippen LogP contribution < -0.4 is 10.5 Å². The van der Waals surface area contributed by atoms with E-state index < -0.39 is 10.0 Å². The molecule has 0 heterocycles. The zero-order chi connectivity index (χ0) is 13.2. The molecule has 18 heavy (non-hydrogen) atoms. The predicted molar refractivity (Wildman–Crippen MR) is 73.9 cm³/mol. The van der Waals surface area contributed by atoms with Gasteiger partial charge in [-0.1, -0.05) is 31.4 Å². The maximum absolute atomic E-state index is 11.2. The Labute approximate surface area is 109 Å². The lowest BCUT2D eigenvalue weighted by Gasteiger charge is -2.34. The van der Waals surface area contributed by atoms with E-state index in [9.17, 15) is 8.42 Å². The Morgan fingerprint density at radius 2 is 1.89 bits per heavy atom. The van der Waals surface area contributed by atoms with Crippen molar-refractivity contribution >= 4 is 15.7 Å². The summed E-state index contributed by atoms with van der Waals surface area (Å²) in [5.41, 5.74) is 7.75. The summed E-state index contributed by atoms with van der Waals surface area (Å²) in [4.78, 5) is 0. The van der Waals surface area contributed by atoms with Crippen molar-refractivity contribution in [1.82, 2.24) is 0 Å². The molecule has 0 unspecified atom stereocenters. The first kappa shape index (κ1) is 13.4. The average Bonchev–Trinajstić information content (AvgIpc) is 2.28. The van der Waals surface area contributed by atoms with Crippen LogP contribution in [0.1, 0.15) is 37.7 Å².